The molecule has 3 nitrogen and oxygen atoms in total. The van der Waals surface area contributed by atoms with Crippen molar-refractivity contribution in [2.75, 3.05) is 20.2 Å². The molecule has 0 amide bonds. The van der Waals surface area contributed by atoms with Gasteiger partial charge in [-0.2, -0.15) is 0 Å². The monoisotopic (exact) mass is 293 g/mol. The maximum atomic E-state index is 12.3. The molecule has 110 valence electrons. The standard InChI is InChI=1S/C7H6F2O.C4H10.C2H5NOS/c1-10-7-3-5(8)2-6(9)4-7;1-4(2)3;4-5-3-1-2-3/h2-4H,1H3;4H,1-3H3;4H,1-2H2. The molecule has 0 unspecified atom stereocenters. The zero-order valence-corrected chi connectivity index (χ0v) is 12.5. The van der Waals surface area contributed by atoms with Gasteiger partial charge in [-0.05, 0) is 5.92 Å². The Labute approximate surface area is 117 Å². The fraction of sp³-hybridized carbons (Fsp3) is 0.538. The van der Waals surface area contributed by atoms with Crippen molar-refractivity contribution in [2.24, 2.45) is 5.92 Å². The van der Waals surface area contributed by atoms with Gasteiger partial charge in [0.25, 0.3) is 0 Å². The van der Waals surface area contributed by atoms with Crippen molar-refractivity contribution in [3.05, 3.63) is 29.8 Å². The van der Waals surface area contributed by atoms with Gasteiger partial charge in [-0.15, -0.1) is 0 Å². The Kier molecular flexibility index (Phi) is 9.55. The quantitative estimate of drug-likeness (QED) is 0.506. The zero-order chi connectivity index (χ0) is 14.8. The first-order chi connectivity index (χ1) is 8.88. The Morgan fingerprint density at radius 2 is 1.58 bits per heavy atom. The van der Waals surface area contributed by atoms with Crippen molar-refractivity contribution >= 4 is 12.2 Å². The van der Waals surface area contributed by atoms with Crippen LogP contribution < -0.4 is 4.74 Å². The van der Waals surface area contributed by atoms with Crippen molar-refractivity contribution < 1.29 is 18.1 Å². The average Bonchev–Trinajstić information content (AvgIpc) is 3.11. The van der Waals surface area contributed by atoms with Crippen molar-refractivity contribution in [1.82, 2.24) is 4.31 Å². The molecule has 1 saturated heterocycles. The molecule has 19 heavy (non-hydrogen) atoms. The number of nitrogens with zero attached hydrogens (tertiary/aromatic N) is 1. The third kappa shape index (κ3) is 11.9. The molecule has 6 heteroatoms. The van der Waals surface area contributed by atoms with Crippen LogP contribution >= 0.6 is 12.2 Å². The van der Waals surface area contributed by atoms with Crippen LogP contribution in [0.1, 0.15) is 20.8 Å². The molecule has 0 radical (unpaired) electrons. The van der Waals surface area contributed by atoms with Crippen LogP contribution in [-0.2, 0) is 0 Å². The van der Waals surface area contributed by atoms with Crippen LogP contribution in [0.25, 0.3) is 0 Å². The summed E-state index contributed by atoms with van der Waals surface area (Å²) in [5.41, 5.74) is 0. The van der Waals surface area contributed by atoms with Gasteiger partial charge in [0.2, 0.25) is 0 Å². The highest BCUT2D eigenvalue weighted by molar-refractivity contribution is 7.91. The molecule has 0 bridgehead atoms. The molecular formula is C13H21F2NO2S. The Bertz CT molecular complexity index is 337. The van der Waals surface area contributed by atoms with E-state index in [1.807, 2.05) is 4.31 Å². The van der Waals surface area contributed by atoms with E-state index in [1.165, 1.54) is 7.11 Å². The van der Waals surface area contributed by atoms with Gasteiger partial charge < -0.3 is 9.29 Å². The van der Waals surface area contributed by atoms with Crippen molar-refractivity contribution in [2.45, 2.75) is 20.8 Å². The van der Waals surface area contributed by atoms with E-state index in [-0.39, 0.29) is 5.75 Å². The van der Waals surface area contributed by atoms with Gasteiger partial charge in [0, 0.05) is 31.3 Å². The summed E-state index contributed by atoms with van der Waals surface area (Å²) in [4.78, 5) is 0. The highest BCUT2D eigenvalue weighted by Gasteiger charge is 2.15. The second kappa shape index (κ2) is 10.00. The van der Waals surface area contributed by atoms with Crippen LogP contribution in [-0.4, -0.2) is 29.1 Å². The summed E-state index contributed by atoms with van der Waals surface area (Å²) in [6, 6.07) is 3.02. The summed E-state index contributed by atoms with van der Waals surface area (Å²) in [5.74, 6) is -0.230. The number of halogens is 2. The number of hydrogen-bond acceptors (Lipinski definition) is 4. The van der Waals surface area contributed by atoms with E-state index in [1.54, 1.807) is 0 Å². The van der Waals surface area contributed by atoms with Gasteiger partial charge >= 0.3 is 0 Å². The Morgan fingerprint density at radius 3 is 1.79 bits per heavy atom. The predicted octanol–water partition coefficient (Wildman–Crippen LogP) is 4.06. The average molecular weight is 293 g/mol. The number of benzene rings is 1. The summed E-state index contributed by atoms with van der Waals surface area (Å²) >= 11 is 0.824. The lowest BCUT2D eigenvalue weighted by molar-refractivity contribution is 0.407. The minimum absolute atomic E-state index is 0.192. The fourth-order valence-corrected chi connectivity index (χ4v) is 1.01. The van der Waals surface area contributed by atoms with Gasteiger partial charge in [-0.1, -0.05) is 20.8 Å². The predicted molar refractivity (Wildman–Crippen MR) is 75.2 cm³/mol. The first-order valence-corrected chi connectivity index (χ1v) is 6.68. The molecule has 1 aromatic rings. The van der Waals surface area contributed by atoms with Crippen LogP contribution in [0.15, 0.2) is 18.2 Å². The van der Waals surface area contributed by atoms with Crippen molar-refractivity contribution in [3.63, 3.8) is 0 Å². The molecule has 0 aliphatic carbocycles. The van der Waals surface area contributed by atoms with Crippen LogP contribution in [0, 0.1) is 17.6 Å². The van der Waals surface area contributed by atoms with E-state index in [9.17, 15) is 8.78 Å². The molecule has 1 aliphatic rings. The topological polar surface area (TPSA) is 32.5 Å². The molecular weight excluding hydrogens is 272 g/mol. The summed E-state index contributed by atoms with van der Waals surface area (Å²) in [6.07, 6.45) is 0. The molecule has 1 heterocycles. The summed E-state index contributed by atoms with van der Waals surface area (Å²) in [6.45, 7) is 8.61. The molecule has 0 spiro atoms. The minimum atomic E-state index is -0.628. The maximum absolute atomic E-state index is 12.3. The van der Waals surface area contributed by atoms with Gasteiger partial charge in [0.1, 0.15) is 17.4 Å². The Balaban J connectivity index is 0.000000300. The van der Waals surface area contributed by atoms with E-state index in [2.05, 4.69) is 25.5 Å². The molecule has 2 rings (SSSR count). The summed E-state index contributed by atoms with van der Waals surface area (Å²) in [5, 5.41) is 0. The number of rotatable bonds is 2. The molecule has 0 atom stereocenters. The highest BCUT2D eigenvalue weighted by Crippen LogP contribution is 2.14. The number of ether oxygens (including phenoxy) is 1. The van der Waals surface area contributed by atoms with Gasteiger partial charge in [-0.3, -0.25) is 0 Å². The lowest BCUT2D eigenvalue weighted by Gasteiger charge is -1.97. The minimum Gasteiger partial charge on any atom is -0.497 e. The van der Waals surface area contributed by atoms with Gasteiger partial charge in [0.15, 0.2) is 0 Å². The lowest BCUT2D eigenvalue weighted by Crippen LogP contribution is -1.85. The smallest absolute Gasteiger partial charge is 0.129 e. The van der Waals surface area contributed by atoms with Crippen LogP contribution in [0.5, 0.6) is 5.75 Å². The lowest BCUT2D eigenvalue weighted by atomic mass is 10.3. The normalized spacial score (nSPS) is 13.1. The van der Waals surface area contributed by atoms with Crippen LogP contribution in [0.4, 0.5) is 8.78 Å². The van der Waals surface area contributed by atoms with E-state index in [4.69, 9.17) is 4.55 Å². The largest absolute Gasteiger partial charge is 0.497 e. The Morgan fingerprint density at radius 1 is 1.16 bits per heavy atom. The molecule has 0 saturated carbocycles. The summed E-state index contributed by atoms with van der Waals surface area (Å²) < 4.78 is 39.1. The molecule has 0 aromatic heterocycles. The van der Waals surface area contributed by atoms with Gasteiger partial charge in [0.05, 0.1) is 19.3 Å². The van der Waals surface area contributed by atoms with Crippen molar-refractivity contribution in [1.29, 1.82) is 0 Å². The van der Waals surface area contributed by atoms with Crippen molar-refractivity contribution in [3.8, 4) is 5.75 Å². The second-order valence-corrected chi connectivity index (χ2v) is 5.23. The summed E-state index contributed by atoms with van der Waals surface area (Å²) in [7, 11) is 1.36. The third-order valence-electron chi connectivity index (χ3n) is 1.59. The maximum Gasteiger partial charge on any atom is 0.129 e. The van der Waals surface area contributed by atoms with E-state index < -0.39 is 11.6 Å². The molecule has 1 N–H and O–H groups in total. The van der Waals surface area contributed by atoms with E-state index in [0.717, 1.165) is 49.4 Å². The van der Waals surface area contributed by atoms with E-state index in [0.29, 0.717) is 0 Å². The number of methoxy groups -OCH3 is 1. The SMILES string of the molecule is CC(C)C.COc1cc(F)cc(F)c1.OSN1CC1. The first-order valence-electron chi connectivity index (χ1n) is 5.95. The fourth-order valence-electron chi connectivity index (χ4n) is 0.769. The molecule has 1 aromatic carbocycles. The zero-order valence-electron chi connectivity index (χ0n) is 11.7. The van der Waals surface area contributed by atoms with Gasteiger partial charge in [-0.25, -0.2) is 13.1 Å². The van der Waals surface area contributed by atoms with Crippen LogP contribution in [0.2, 0.25) is 0 Å². The molecule has 1 fully saturated rings. The second-order valence-electron chi connectivity index (χ2n) is 4.55. The molecule has 1 aliphatic heterocycles. The highest BCUT2D eigenvalue weighted by atomic mass is 32.2. The van der Waals surface area contributed by atoms with Crippen LogP contribution in [0.3, 0.4) is 0 Å². The Hall–Kier alpha value is -0.850. The first kappa shape index (κ1) is 18.1. The third-order valence-corrected chi connectivity index (χ3v) is 2.19. The van der Waals surface area contributed by atoms with E-state index >= 15 is 0 Å². The number of hydrogen-bond donors (Lipinski definition) is 1.